The van der Waals surface area contributed by atoms with E-state index in [4.69, 9.17) is 4.74 Å². The number of ether oxygens (including phenoxy) is 1. The zero-order valence-electron chi connectivity index (χ0n) is 7.81. The third kappa shape index (κ3) is 1.78. The lowest BCUT2D eigenvalue weighted by molar-refractivity contribution is 0.177. The van der Waals surface area contributed by atoms with Gasteiger partial charge in [-0.3, -0.25) is 0 Å². The number of rotatable bonds is 1. The van der Waals surface area contributed by atoms with E-state index in [-0.39, 0.29) is 17.6 Å². The molecule has 1 aliphatic rings. The molecule has 12 heavy (non-hydrogen) atoms. The van der Waals surface area contributed by atoms with Gasteiger partial charge in [-0.25, -0.2) is 4.79 Å². The van der Waals surface area contributed by atoms with Crippen LogP contribution in [0.3, 0.4) is 0 Å². The van der Waals surface area contributed by atoms with Gasteiger partial charge in [-0.1, -0.05) is 27.4 Å². The van der Waals surface area contributed by atoms with Gasteiger partial charge in [0, 0.05) is 0 Å². The molecule has 0 spiro atoms. The second kappa shape index (κ2) is 2.81. The summed E-state index contributed by atoms with van der Waals surface area (Å²) in [6.45, 7) is 10.6. The molecule has 1 heterocycles. The summed E-state index contributed by atoms with van der Waals surface area (Å²) in [7, 11) is 0. The molecule has 0 radical (unpaired) electrons. The lowest BCUT2D eigenvalue weighted by Crippen LogP contribution is -2.32. The number of hydrogen-bond donors (Lipinski definition) is 1. The van der Waals surface area contributed by atoms with Gasteiger partial charge in [0.25, 0.3) is 0 Å². The van der Waals surface area contributed by atoms with Crippen LogP contribution in [-0.2, 0) is 4.74 Å². The van der Waals surface area contributed by atoms with Crippen LogP contribution in [0.1, 0.15) is 20.8 Å². The van der Waals surface area contributed by atoms with Crippen LogP contribution >= 0.6 is 0 Å². The predicted molar refractivity (Wildman–Crippen MR) is 46.9 cm³/mol. The smallest absolute Gasteiger partial charge is 0.407 e. The van der Waals surface area contributed by atoms with Crippen molar-refractivity contribution in [1.29, 1.82) is 0 Å². The molecule has 0 aromatic carbocycles. The molecular formula is C9H15NO2. The van der Waals surface area contributed by atoms with Crippen LogP contribution in [0.4, 0.5) is 4.79 Å². The van der Waals surface area contributed by atoms with E-state index in [1.165, 1.54) is 0 Å². The zero-order chi connectivity index (χ0) is 9.35. The first-order valence-corrected chi connectivity index (χ1v) is 4.04. The maximum absolute atomic E-state index is 10.7. The highest BCUT2D eigenvalue weighted by atomic mass is 16.6. The van der Waals surface area contributed by atoms with Gasteiger partial charge >= 0.3 is 6.09 Å². The highest BCUT2D eigenvalue weighted by Crippen LogP contribution is 2.27. The van der Waals surface area contributed by atoms with Crippen LogP contribution in [0.2, 0.25) is 0 Å². The van der Waals surface area contributed by atoms with Gasteiger partial charge in [0.1, 0.15) is 6.61 Å². The van der Waals surface area contributed by atoms with E-state index in [1.54, 1.807) is 0 Å². The first kappa shape index (κ1) is 9.10. The van der Waals surface area contributed by atoms with E-state index in [0.717, 1.165) is 5.57 Å². The van der Waals surface area contributed by atoms with Crippen molar-refractivity contribution in [2.24, 2.45) is 5.41 Å². The van der Waals surface area contributed by atoms with Gasteiger partial charge in [-0.05, 0) is 11.0 Å². The normalized spacial score (nSPS) is 23.2. The zero-order valence-corrected chi connectivity index (χ0v) is 7.81. The number of cyclic esters (lactones) is 1. The van der Waals surface area contributed by atoms with Gasteiger partial charge in [-0.2, -0.15) is 0 Å². The molecule has 1 rings (SSSR count). The van der Waals surface area contributed by atoms with Gasteiger partial charge in [0.2, 0.25) is 0 Å². The quantitative estimate of drug-likeness (QED) is 0.607. The Labute approximate surface area is 72.8 Å². The van der Waals surface area contributed by atoms with Crippen LogP contribution in [0, 0.1) is 5.41 Å². The number of hydrogen-bond acceptors (Lipinski definition) is 2. The first-order valence-electron chi connectivity index (χ1n) is 4.04. The summed E-state index contributed by atoms with van der Waals surface area (Å²) in [5, 5.41) is 2.70. The van der Waals surface area contributed by atoms with Crippen LogP contribution in [0.5, 0.6) is 0 Å². The van der Waals surface area contributed by atoms with E-state index in [0.29, 0.717) is 6.61 Å². The molecule has 1 N–H and O–H groups in total. The van der Waals surface area contributed by atoms with Crippen LogP contribution in [-0.4, -0.2) is 18.7 Å². The number of carbonyl (C=O) groups is 1. The fraction of sp³-hybridized carbons (Fsp3) is 0.667. The second-order valence-corrected chi connectivity index (χ2v) is 4.07. The average molecular weight is 169 g/mol. The topological polar surface area (TPSA) is 38.3 Å². The summed E-state index contributed by atoms with van der Waals surface area (Å²) in [5.41, 5.74) is 1.03. The molecule has 3 heteroatoms. The van der Waals surface area contributed by atoms with Crippen LogP contribution < -0.4 is 5.32 Å². The minimum atomic E-state index is -0.342. The van der Waals surface area contributed by atoms with Crippen molar-refractivity contribution in [2.45, 2.75) is 26.8 Å². The molecule has 68 valence electrons. The first-order chi connectivity index (χ1) is 5.41. The van der Waals surface area contributed by atoms with Gasteiger partial charge in [0.05, 0.1) is 6.04 Å². The van der Waals surface area contributed by atoms with E-state index < -0.39 is 0 Å². The number of amides is 1. The Bertz CT molecular complexity index is 215. The molecule has 1 atom stereocenters. The van der Waals surface area contributed by atoms with Crippen LogP contribution in [0.15, 0.2) is 12.2 Å². The minimum absolute atomic E-state index is 0.0162. The monoisotopic (exact) mass is 169 g/mol. The third-order valence-corrected chi connectivity index (χ3v) is 2.06. The summed E-state index contributed by atoms with van der Waals surface area (Å²) in [4.78, 5) is 10.7. The maximum atomic E-state index is 10.7. The lowest BCUT2D eigenvalue weighted by atomic mass is 9.83. The Kier molecular flexibility index (Phi) is 2.13. The largest absolute Gasteiger partial charge is 0.447 e. The number of alkyl carbamates (subject to hydrolysis) is 1. The SMILES string of the molecule is C=C([C@@H]1COC(=O)N1)C(C)(C)C. The van der Waals surface area contributed by atoms with Crippen molar-refractivity contribution >= 4 is 6.09 Å². The van der Waals surface area contributed by atoms with Crippen molar-refractivity contribution in [2.75, 3.05) is 6.61 Å². The summed E-state index contributed by atoms with van der Waals surface area (Å²) in [5.74, 6) is 0. The Morgan fingerprint density at radius 2 is 2.25 bits per heavy atom. The van der Waals surface area contributed by atoms with E-state index in [2.05, 4.69) is 32.7 Å². The molecule has 1 saturated heterocycles. The highest BCUT2D eigenvalue weighted by molar-refractivity contribution is 5.70. The lowest BCUT2D eigenvalue weighted by Gasteiger charge is -2.25. The summed E-state index contributed by atoms with van der Waals surface area (Å²) >= 11 is 0. The molecule has 0 bridgehead atoms. The Balaban J connectivity index is 2.61. The standard InChI is InChI=1S/C9H15NO2/c1-6(9(2,3)4)7-5-12-8(11)10-7/h7H,1,5H2,2-4H3,(H,10,11)/t7-/m0/s1. The third-order valence-electron chi connectivity index (χ3n) is 2.06. The number of nitrogens with one attached hydrogen (secondary N) is 1. The fourth-order valence-electron chi connectivity index (χ4n) is 1.10. The average Bonchev–Trinajstić information content (AvgIpc) is 2.32. The van der Waals surface area contributed by atoms with Crippen molar-refractivity contribution in [1.82, 2.24) is 5.32 Å². The molecule has 0 aromatic heterocycles. The van der Waals surface area contributed by atoms with E-state index >= 15 is 0 Å². The molecule has 0 unspecified atom stereocenters. The second-order valence-electron chi connectivity index (χ2n) is 4.07. The predicted octanol–water partition coefficient (Wildman–Crippen LogP) is 1.70. The van der Waals surface area contributed by atoms with Gasteiger partial charge in [-0.15, -0.1) is 0 Å². The maximum Gasteiger partial charge on any atom is 0.407 e. The number of carbonyl (C=O) groups excluding carboxylic acids is 1. The molecule has 0 aromatic rings. The van der Waals surface area contributed by atoms with Crippen molar-refractivity contribution in [3.8, 4) is 0 Å². The van der Waals surface area contributed by atoms with Crippen molar-refractivity contribution < 1.29 is 9.53 Å². The van der Waals surface area contributed by atoms with Crippen molar-refractivity contribution in [3.05, 3.63) is 12.2 Å². The fourth-order valence-corrected chi connectivity index (χ4v) is 1.10. The van der Waals surface area contributed by atoms with Gasteiger partial charge in [0.15, 0.2) is 0 Å². The highest BCUT2D eigenvalue weighted by Gasteiger charge is 2.30. The molecule has 1 fully saturated rings. The summed E-state index contributed by atoms with van der Waals surface area (Å²) < 4.78 is 4.77. The summed E-state index contributed by atoms with van der Waals surface area (Å²) in [6.07, 6.45) is -0.342. The molecular weight excluding hydrogens is 154 g/mol. The minimum Gasteiger partial charge on any atom is -0.447 e. The molecule has 0 aliphatic carbocycles. The Morgan fingerprint density at radius 1 is 1.67 bits per heavy atom. The van der Waals surface area contributed by atoms with Crippen LogP contribution in [0.25, 0.3) is 0 Å². The molecule has 1 amide bonds. The van der Waals surface area contributed by atoms with E-state index in [1.807, 2.05) is 0 Å². The summed E-state index contributed by atoms with van der Waals surface area (Å²) in [6, 6.07) is -0.0162. The Hall–Kier alpha value is -0.990. The van der Waals surface area contributed by atoms with E-state index in [9.17, 15) is 4.79 Å². The molecule has 1 aliphatic heterocycles. The molecule has 0 saturated carbocycles. The van der Waals surface area contributed by atoms with Crippen molar-refractivity contribution in [3.63, 3.8) is 0 Å². The molecule has 3 nitrogen and oxygen atoms in total. The van der Waals surface area contributed by atoms with Gasteiger partial charge < -0.3 is 10.1 Å². The Morgan fingerprint density at radius 3 is 2.58 bits per heavy atom.